The van der Waals surface area contributed by atoms with Crippen LogP contribution in [0.5, 0.6) is 11.5 Å². The molecule has 2 aromatic rings. The van der Waals surface area contributed by atoms with Gasteiger partial charge in [-0.25, -0.2) is 13.1 Å². The van der Waals surface area contributed by atoms with Gasteiger partial charge < -0.3 is 9.47 Å². The van der Waals surface area contributed by atoms with Crippen LogP contribution in [-0.4, -0.2) is 40.6 Å². The number of hydrogen-bond acceptors (Lipinski definition) is 5. The summed E-state index contributed by atoms with van der Waals surface area (Å²) in [5, 5.41) is 0. The molecule has 1 N–H and O–H groups in total. The molecule has 0 aromatic heterocycles. The van der Waals surface area contributed by atoms with E-state index < -0.39 is 10.0 Å². The molecule has 0 bridgehead atoms. The van der Waals surface area contributed by atoms with Gasteiger partial charge in [0.15, 0.2) is 11.5 Å². The van der Waals surface area contributed by atoms with Crippen molar-refractivity contribution >= 4 is 10.0 Å². The fourth-order valence-electron chi connectivity index (χ4n) is 3.38. The van der Waals surface area contributed by atoms with Crippen molar-refractivity contribution in [2.24, 2.45) is 0 Å². The van der Waals surface area contributed by atoms with Crippen LogP contribution in [0.15, 0.2) is 47.4 Å². The number of nitrogens with one attached hydrogen (secondary N) is 1. The van der Waals surface area contributed by atoms with Gasteiger partial charge in [0.2, 0.25) is 10.0 Å². The molecule has 0 atom stereocenters. The standard InChI is InChI=1S/C21H28N2O4S/c1-26-20-11-10-19(14-21(20)27-2)28(24,25)22-15-17-6-8-18(9-7-17)16-23-12-4-3-5-13-23/h6-11,14,22H,3-5,12-13,15-16H2,1-2H3. The molecule has 3 rings (SSSR count). The third-order valence-electron chi connectivity index (χ3n) is 5.01. The van der Waals surface area contributed by atoms with Gasteiger partial charge in [-0.3, -0.25) is 4.90 Å². The van der Waals surface area contributed by atoms with Gasteiger partial charge in [0.05, 0.1) is 19.1 Å². The maximum atomic E-state index is 12.6. The normalized spacial score (nSPS) is 15.4. The predicted octanol–water partition coefficient (Wildman–Crippen LogP) is 3.17. The number of nitrogens with zero attached hydrogens (tertiary/aromatic N) is 1. The Morgan fingerprint density at radius 1 is 0.893 bits per heavy atom. The van der Waals surface area contributed by atoms with E-state index in [-0.39, 0.29) is 11.4 Å². The Labute approximate surface area is 167 Å². The summed E-state index contributed by atoms with van der Waals surface area (Å²) in [6.45, 7) is 3.51. The molecule has 0 radical (unpaired) electrons. The average molecular weight is 405 g/mol. The van der Waals surface area contributed by atoms with Crippen molar-refractivity contribution in [3.05, 3.63) is 53.6 Å². The van der Waals surface area contributed by atoms with E-state index in [0.29, 0.717) is 11.5 Å². The van der Waals surface area contributed by atoms with Crippen LogP contribution in [0, 0.1) is 0 Å². The number of sulfonamides is 1. The molecule has 0 unspecified atom stereocenters. The maximum absolute atomic E-state index is 12.6. The summed E-state index contributed by atoms with van der Waals surface area (Å²) in [7, 11) is -0.650. The zero-order valence-electron chi connectivity index (χ0n) is 16.5. The second-order valence-corrected chi connectivity index (χ2v) is 8.76. The van der Waals surface area contributed by atoms with Crippen molar-refractivity contribution in [2.45, 2.75) is 37.2 Å². The van der Waals surface area contributed by atoms with Crippen LogP contribution < -0.4 is 14.2 Å². The molecule has 7 heteroatoms. The monoisotopic (exact) mass is 404 g/mol. The zero-order valence-corrected chi connectivity index (χ0v) is 17.3. The fraction of sp³-hybridized carbons (Fsp3) is 0.429. The SMILES string of the molecule is COc1ccc(S(=O)(=O)NCc2ccc(CN3CCCCC3)cc2)cc1OC. The molecule has 1 fully saturated rings. The van der Waals surface area contributed by atoms with E-state index in [1.807, 2.05) is 12.1 Å². The number of methoxy groups -OCH3 is 2. The number of ether oxygens (including phenoxy) is 2. The van der Waals surface area contributed by atoms with Crippen LogP contribution >= 0.6 is 0 Å². The lowest BCUT2D eigenvalue weighted by Gasteiger charge is -2.26. The summed E-state index contributed by atoms with van der Waals surface area (Å²) in [5.74, 6) is 0.873. The average Bonchev–Trinajstić information content (AvgIpc) is 2.73. The van der Waals surface area contributed by atoms with Crippen molar-refractivity contribution in [3.63, 3.8) is 0 Å². The van der Waals surface area contributed by atoms with E-state index in [9.17, 15) is 8.42 Å². The van der Waals surface area contributed by atoms with Gasteiger partial charge in [-0.1, -0.05) is 30.7 Å². The molecule has 28 heavy (non-hydrogen) atoms. The van der Waals surface area contributed by atoms with E-state index >= 15 is 0 Å². The Balaban J connectivity index is 1.61. The fourth-order valence-corrected chi connectivity index (χ4v) is 4.42. The Bertz CT molecular complexity index is 876. The molecule has 0 saturated carbocycles. The first kappa shape index (κ1) is 20.6. The van der Waals surface area contributed by atoms with Gasteiger partial charge in [0.25, 0.3) is 0 Å². The van der Waals surface area contributed by atoms with Gasteiger partial charge >= 0.3 is 0 Å². The molecule has 6 nitrogen and oxygen atoms in total. The molecule has 1 heterocycles. The second kappa shape index (κ2) is 9.41. The number of piperidine rings is 1. The van der Waals surface area contributed by atoms with Crippen molar-refractivity contribution in [3.8, 4) is 11.5 Å². The topological polar surface area (TPSA) is 67.9 Å². The largest absolute Gasteiger partial charge is 0.493 e. The first-order chi connectivity index (χ1) is 13.5. The van der Waals surface area contributed by atoms with Crippen LogP contribution in [0.1, 0.15) is 30.4 Å². The molecule has 0 spiro atoms. The maximum Gasteiger partial charge on any atom is 0.241 e. The summed E-state index contributed by atoms with van der Waals surface area (Å²) in [4.78, 5) is 2.62. The van der Waals surface area contributed by atoms with E-state index in [1.165, 1.54) is 51.2 Å². The van der Waals surface area contributed by atoms with Gasteiger partial charge in [0.1, 0.15) is 0 Å². The highest BCUT2D eigenvalue weighted by Crippen LogP contribution is 2.29. The van der Waals surface area contributed by atoms with Crippen LogP contribution in [0.25, 0.3) is 0 Å². The molecule has 152 valence electrons. The minimum Gasteiger partial charge on any atom is -0.493 e. The number of benzene rings is 2. The molecule has 1 aliphatic heterocycles. The minimum absolute atomic E-state index is 0.145. The predicted molar refractivity (Wildman–Crippen MR) is 109 cm³/mol. The van der Waals surface area contributed by atoms with Crippen molar-refractivity contribution < 1.29 is 17.9 Å². The Kier molecular flexibility index (Phi) is 6.93. The molecule has 1 aliphatic rings. The highest BCUT2D eigenvalue weighted by molar-refractivity contribution is 7.89. The first-order valence-electron chi connectivity index (χ1n) is 9.54. The van der Waals surface area contributed by atoms with Crippen LogP contribution in [0.3, 0.4) is 0 Å². The van der Waals surface area contributed by atoms with Crippen molar-refractivity contribution in [1.29, 1.82) is 0 Å². The molecule has 2 aromatic carbocycles. The smallest absolute Gasteiger partial charge is 0.241 e. The van der Waals surface area contributed by atoms with Gasteiger partial charge in [-0.15, -0.1) is 0 Å². The van der Waals surface area contributed by atoms with E-state index in [0.717, 1.165) is 25.2 Å². The summed E-state index contributed by atoms with van der Waals surface area (Å²) < 4.78 is 38.2. The number of likely N-dealkylation sites (tertiary alicyclic amines) is 1. The second-order valence-electron chi connectivity index (χ2n) is 6.99. The summed E-state index contributed by atoms with van der Waals surface area (Å²) in [5.41, 5.74) is 2.18. The van der Waals surface area contributed by atoms with Gasteiger partial charge in [-0.2, -0.15) is 0 Å². The third-order valence-corrected chi connectivity index (χ3v) is 6.41. The lowest BCUT2D eigenvalue weighted by atomic mass is 10.1. The number of hydrogen-bond donors (Lipinski definition) is 1. The lowest BCUT2D eigenvalue weighted by molar-refractivity contribution is 0.221. The van der Waals surface area contributed by atoms with E-state index in [1.54, 1.807) is 6.07 Å². The summed E-state index contributed by atoms with van der Waals surface area (Å²) in [6.07, 6.45) is 3.88. The van der Waals surface area contributed by atoms with Gasteiger partial charge in [-0.05, 0) is 49.2 Å². The molecular formula is C21H28N2O4S. The van der Waals surface area contributed by atoms with Crippen LogP contribution in [-0.2, 0) is 23.1 Å². The third kappa shape index (κ3) is 5.25. The van der Waals surface area contributed by atoms with Gasteiger partial charge in [0, 0.05) is 19.2 Å². The highest BCUT2D eigenvalue weighted by atomic mass is 32.2. The van der Waals surface area contributed by atoms with E-state index in [4.69, 9.17) is 9.47 Å². The Hall–Kier alpha value is -2.09. The lowest BCUT2D eigenvalue weighted by Crippen LogP contribution is -2.29. The minimum atomic E-state index is -3.64. The Morgan fingerprint density at radius 2 is 1.54 bits per heavy atom. The molecule has 0 amide bonds. The molecule has 0 aliphatic carbocycles. The molecule has 1 saturated heterocycles. The van der Waals surface area contributed by atoms with E-state index in [2.05, 4.69) is 21.8 Å². The molecular weight excluding hydrogens is 376 g/mol. The highest BCUT2D eigenvalue weighted by Gasteiger charge is 2.17. The first-order valence-corrected chi connectivity index (χ1v) is 11.0. The van der Waals surface area contributed by atoms with Crippen LogP contribution in [0.2, 0.25) is 0 Å². The van der Waals surface area contributed by atoms with Crippen molar-refractivity contribution in [1.82, 2.24) is 9.62 Å². The quantitative estimate of drug-likeness (QED) is 0.732. The summed E-state index contributed by atoms with van der Waals surface area (Å²) in [6, 6.07) is 12.7. The number of rotatable bonds is 8. The zero-order chi connectivity index (χ0) is 20.0. The van der Waals surface area contributed by atoms with Crippen LogP contribution in [0.4, 0.5) is 0 Å². The van der Waals surface area contributed by atoms with Crippen molar-refractivity contribution in [2.75, 3.05) is 27.3 Å². The summed E-state index contributed by atoms with van der Waals surface area (Å²) >= 11 is 0. The Morgan fingerprint density at radius 3 is 2.18 bits per heavy atom.